The number of rotatable bonds is 10. The molecule has 2 atom stereocenters. The van der Waals surface area contributed by atoms with Crippen LogP contribution in [-0.2, 0) is 18.9 Å². The van der Waals surface area contributed by atoms with Gasteiger partial charge in [0.15, 0.2) is 0 Å². The molecule has 0 radical (unpaired) electrons. The molecule has 152 valence electrons. The van der Waals surface area contributed by atoms with E-state index in [4.69, 9.17) is 51.6 Å². The molecule has 0 unspecified atom stereocenters. The predicted octanol–water partition coefficient (Wildman–Crippen LogP) is 4.18. The topological polar surface area (TPSA) is 55.4 Å². The molecule has 1 fully saturated rings. The van der Waals surface area contributed by atoms with Gasteiger partial charge in [0, 0.05) is 10.0 Å². The highest BCUT2D eigenvalue weighted by molar-refractivity contribution is 6.30. The molecule has 0 bridgehead atoms. The van der Waals surface area contributed by atoms with Crippen molar-refractivity contribution >= 4 is 23.2 Å². The zero-order valence-electron chi connectivity index (χ0n) is 15.2. The molecule has 0 spiro atoms. The molecule has 0 saturated carbocycles. The standard InChI is InChI=1S/C20H22Cl2O6/c21-15-1-5-17(6-2-15)23-9-11-25-19-20(28-14-13-27-19)26-12-10-24-18-7-3-16(22)4-8-18/h1-8,19-20H,9-14H2/t19-,20+. The monoisotopic (exact) mass is 428 g/mol. The third-order valence-corrected chi connectivity index (χ3v) is 4.27. The normalized spacial score (nSPS) is 19.4. The number of hydrogen-bond acceptors (Lipinski definition) is 6. The van der Waals surface area contributed by atoms with E-state index in [1.807, 2.05) is 0 Å². The molecule has 6 nitrogen and oxygen atoms in total. The van der Waals surface area contributed by atoms with Gasteiger partial charge in [-0.2, -0.15) is 0 Å². The van der Waals surface area contributed by atoms with Gasteiger partial charge < -0.3 is 28.4 Å². The van der Waals surface area contributed by atoms with Gasteiger partial charge >= 0.3 is 0 Å². The van der Waals surface area contributed by atoms with Crippen LogP contribution in [0.4, 0.5) is 0 Å². The van der Waals surface area contributed by atoms with Gasteiger partial charge in [-0.05, 0) is 48.5 Å². The fraction of sp³-hybridized carbons (Fsp3) is 0.400. The summed E-state index contributed by atoms with van der Waals surface area (Å²) in [5.41, 5.74) is 0. The van der Waals surface area contributed by atoms with Crippen molar-refractivity contribution in [1.29, 1.82) is 0 Å². The maximum atomic E-state index is 5.84. The fourth-order valence-electron chi connectivity index (χ4n) is 2.45. The van der Waals surface area contributed by atoms with Crippen molar-refractivity contribution in [3.05, 3.63) is 58.6 Å². The molecule has 0 aromatic heterocycles. The zero-order valence-corrected chi connectivity index (χ0v) is 16.7. The Morgan fingerprint density at radius 2 is 1.04 bits per heavy atom. The Labute approximate surface area is 174 Å². The fourth-order valence-corrected chi connectivity index (χ4v) is 2.70. The second-order valence-electron chi connectivity index (χ2n) is 5.82. The molecular formula is C20H22Cl2O6. The van der Waals surface area contributed by atoms with E-state index in [1.54, 1.807) is 48.5 Å². The number of halogens is 2. The van der Waals surface area contributed by atoms with Crippen molar-refractivity contribution in [3.8, 4) is 11.5 Å². The molecule has 1 aliphatic heterocycles. The van der Waals surface area contributed by atoms with Crippen LogP contribution in [0.25, 0.3) is 0 Å². The minimum Gasteiger partial charge on any atom is -0.491 e. The van der Waals surface area contributed by atoms with Crippen molar-refractivity contribution in [2.45, 2.75) is 12.6 Å². The lowest BCUT2D eigenvalue weighted by atomic mass is 10.3. The summed E-state index contributed by atoms with van der Waals surface area (Å²) in [5, 5.41) is 1.33. The average molecular weight is 429 g/mol. The van der Waals surface area contributed by atoms with Crippen LogP contribution >= 0.6 is 23.2 Å². The molecule has 1 heterocycles. The quantitative estimate of drug-likeness (QED) is 0.529. The van der Waals surface area contributed by atoms with E-state index in [2.05, 4.69) is 0 Å². The molecule has 2 aromatic carbocycles. The van der Waals surface area contributed by atoms with E-state index in [-0.39, 0.29) is 0 Å². The van der Waals surface area contributed by atoms with Crippen LogP contribution in [0.3, 0.4) is 0 Å². The molecule has 0 N–H and O–H groups in total. The van der Waals surface area contributed by atoms with Crippen molar-refractivity contribution in [2.75, 3.05) is 39.6 Å². The van der Waals surface area contributed by atoms with Gasteiger partial charge in [0.2, 0.25) is 12.6 Å². The van der Waals surface area contributed by atoms with Gasteiger partial charge in [-0.15, -0.1) is 0 Å². The number of ether oxygens (including phenoxy) is 6. The van der Waals surface area contributed by atoms with E-state index >= 15 is 0 Å². The summed E-state index contributed by atoms with van der Waals surface area (Å²) in [5.74, 6) is 1.45. The Morgan fingerprint density at radius 3 is 1.43 bits per heavy atom. The lowest BCUT2D eigenvalue weighted by Gasteiger charge is -2.31. The number of benzene rings is 2. The van der Waals surface area contributed by atoms with Gasteiger partial charge in [0.25, 0.3) is 0 Å². The van der Waals surface area contributed by atoms with Gasteiger partial charge in [0.1, 0.15) is 24.7 Å². The molecule has 2 aromatic rings. The van der Waals surface area contributed by atoms with Crippen LogP contribution in [0, 0.1) is 0 Å². The second kappa shape index (κ2) is 11.5. The van der Waals surface area contributed by atoms with Gasteiger partial charge in [0.05, 0.1) is 26.4 Å². The van der Waals surface area contributed by atoms with Gasteiger partial charge in [-0.3, -0.25) is 0 Å². The average Bonchev–Trinajstić information content (AvgIpc) is 2.72. The highest BCUT2D eigenvalue weighted by Crippen LogP contribution is 2.17. The summed E-state index contributed by atoms with van der Waals surface area (Å²) in [7, 11) is 0. The summed E-state index contributed by atoms with van der Waals surface area (Å²) in [4.78, 5) is 0. The molecule has 1 aliphatic rings. The molecule has 3 rings (SSSR count). The summed E-state index contributed by atoms with van der Waals surface area (Å²) in [6, 6.07) is 14.3. The first-order chi connectivity index (χ1) is 13.7. The van der Waals surface area contributed by atoms with Gasteiger partial charge in [-0.25, -0.2) is 0 Å². The lowest BCUT2D eigenvalue weighted by Crippen LogP contribution is -2.43. The van der Waals surface area contributed by atoms with Crippen LogP contribution in [0.2, 0.25) is 10.0 Å². The summed E-state index contributed by atoms with van der Waals surface area (Å²) in [6.45, 7) is 2.30. The first-order valence-electron chi connectivity index (χ1n) is 8.94. The van der Waals surface area contributed by atoms with Crippen molar-refractivity contribution in [3.63, 3.8) is 0 Å². The van der Waals surface area contributed by atoms with Crippen LogP contribution in [0.1, 0.15) is 0 Å². The Hall–Kier alpha value is -1.54. The predicted molar refractivity (Wildman–Crippen MR) is 105 cm³/mol. The summed E-state index contributed by atoms with van der Waals surface area (Å²) in [6.07, 6.45) is -1.23. The Morgan fingerprint density at radius 1 is 0.643 bits per heavy atom. The van der Waals surface area contributed by atoms with Crippen molar-refractivity contribution in [1.82, 2.24) is 0 Å². The van der Waals surface area contributed by atoms with Crippen molar-refractivity contribution in [2.24, 2.45) is 0 Å². The summed E-state index contributed by atoms with van der Waals surface area (Å²) >= 11 is 11.7. The van der Waals surface area contributed by atoms with Crippen molar-refractivity contribution < 1.29 is 28.4 Å². The maximum Gasteiger partial charge on any atom is 0.209 e. The largest absolute Gasteiger partial charge is 0.491 e. The maximum absolute atomic E-state index is 5.84. The Kier molecular flexibility index (Phi) is 8.67. The highest BCUT2D eigenvalue weighted by Gasteiger charge is 2.28. The Bertz CT molecular complexity index is 633. The highest BCUT2D eigenvalue weighted by atomic mass is 35.5. The molecule has 0 aliphatic carbocycles. The lowest BCUT2D eigenvalue weighted by molar-refractivity contribution is -0.321. The van der Waals surface area contributed by atoms with Crippen LogP contribution in [0.15, 0.2) is 48.5 Å². The zero-order chi connectivity index (χ0) is 19.6. The second-order valence-corrected chi connectivity index (χ2v) is 6.70. The third kappa shape index (κ3) is 7.13. The molecule has 8 heteroatoms. The van der Waals surface area contributed by atoms with Crippen LogP contribution in [0.5, 0.6) is 11.5 Å². The Balaban J connectivity index is 1.33. The first-order valence-corrected chi connectivity index (χ1v) is 9.69. The third-order valence-electron chi connectivity index (χ3n) is 3.77. The molecule has 28 heavy (non-hydrogen) atoms. The SMILES string of the molecule is Clc1ccc(OCCO[C@@H]2OCCO[C@@H]2OCCOc2ccc(Cl)cc2)cc1. The molecule has 0 amide bonds. The molecule has 1 saturated heterocycles. The summed E-state index contributed by atoms with van der Waals surface area (Å²) < 4.78 is 33.7. The molecular weight excluding hydrogens is 407 g/mol. The minimum atomic E-state index is -0.613. The van der Waals surface area contributed by atoms with E-state index in [0.29, 0.717) is 49.7 Å². The van der Waals surface area contributed by atoms with Gasteiger partial charge in [-0.1, -0.05) is 23.2 Å². The smallest absolute Gasteiger partial charge is 0.209 e. The van der Waals surface area contributed by atoms with E-state index in [1.165, 1.54) is 0 Å². The minimum absolute atomic E-state index is 0.331. The number of hydrogen-bond donors (Lipinski definition) is 0. The van der Waals surface area contributed by atoms with Crippen LogP contribution in [-0.4, -0.2) is 52.2 Å². The van der Waals surface area contributed by atoms with E-state index in [9.17, 15) is 0 Å². The van der Waals surface area contributed by atoms with E-state index < -0.39 is 12.6 Å². The van der Waals surface area contributed by atoms with E-state index in [0.717, 1.165) is 11.5 Å². The van der Waals surface area contributed by atoms with Crippen LogP contribution < -0.4 is 9.47 Å². The first kappa shape index (κ1) is 21.2.